The lowest BCUT2D eigenvalue weighted by molar-refractivity contribution is -0.131. The van der Waals surface area contributed by atoms with Crippen LogP contribution in [0.3, 0.4) is 0 Å². The topological polar surface area (TPSA) is 39.3 Å². The number of hydrogen-bond donors (Lipinski definition) is 1. The number of nitrogens with zero attached hydrogens (tertiary/aromatic N) is 2. The van der Waals surface area contributed by atoms with E-state index in [2.05, 4.69) is 41.1 Å². The van der Waals surface area contributed by atoms with Gasteiger partial charge in [-0.25, -0.2) is 4.39 Å². The third kappa shape index (κ3) is 4.20. The number of piperidine rings is 1. The van der Waals surface area contributed by atoms with Crippen LogP contribution in [0.25, 0.3) is 10.9 Å². The monoisotopic (exact) mass is 393 g/mol. The second-order valence-corrected chi connectivity index (χ2v) is 8.10. The molecular weight excluding hydrogens is 365 g/mol. The minimum absolute atomic E-state index is 0.0370. The molecule has 0 saturated carbocycles. The predicted molar refractivity (Wildman–Crippen MR) is 114 cm³/mol. The van der Waals surface area contributed by atoms with Crippen LogP contribution in [0.2, 0.25) is 0 Å². The highest BCUT2D eigenvalue weighted by Gasteiger charge is 2.26. The van der Waals surface area contributed by atoms with Crippen molar-refractivity contribution in [3.05, 3.63) is 71.2 Å². The van der Waals surface area contributed by atoms with Crippen molar-refractivity contribution < 1.29 is 9.18 Å². The molecule has 4 rings (SSSR count). The second-order valence-electron chi connectivity index (χ2n) is 8.10. The molecule has 1 fully saturated rings. The molecule has 3 aromatic rings. The largest absolute Gasteiger partial charge is 0.358 e. The zero-order valence-corrected chi connectivity index (χ0v) is 17.1. The summed E-state index contributed by atoms with van der Waals surface area (Å²) in [6.07, 6.45) is 2.10. The van der Waals surface area contributed by atoms with Crippen molar-refractivity contribution in [1.29, 1.82) is 0 Å². The number of rotatable bonds is 5. The summed E-state index contributed by atoms with van der Waals surface area (Å²) >= 11 is 0. The van der Waals surface area contributed by atoms with E-state index in [1.54, 1.807) is 30.1 Å². The van der Waals surface area contributed by atoms with Gasteiger partial charge in [-0.15, -0.1) is 0 Å². The Bertz CT molecular complexity index is 1000. The number of halogens is 1. The van der Waals surface area contributed by atoms with Gasteiger partial charge in [-0.3, -0.25) is 9.69 Å². The van der Waals surface area contributed by atoms with Gasteiger partial charge < -0.3 is 9.88 Å². The standard InChI is InChI=1S/C24H28FN3O/c1-17-24(20-8-4-6-10-22(20)26-17)18-11-13-28(14-12-18)16-23(29)27(2)15-19-7-3-5-9-21(19)25/h3-10,18,26H,11-16H2,1-2H3. The summed E-state index contributed by atoms with van der Waals surface area (Å²) in [7, 11) is 1.75. The van der Waals surface area contributed by atoms with Crippen LogP contribution in [-0.4, -0.2) is 47.4 Å². The molecule has 0 radical (unpaired) electrons. The fourth-order valence-electron chi connectivity index (χ4n) is 4.49. The maximum atomic E-state index is 13.8. The number of likely N-dealkylation sites (N-methyl/N-ethyl adjacent to an activating group) is 1. The van der Waals surface area contributed by atoms with Gasteiger partial charge in [-0.2, -0.15) is 0 Å². The zero-order chi connectivity index (χ0) is 20.4. The van der Waals surface area contributed by atoms with Gasteiger partial charge in [-0.05, 0) is 56.5 Å². The average molecular weight is 394 g/mol. The quantitative estimate of drug-likeness (QED) is 0.695. The first-order chi connectivity index (χ1) is 14.0. The van der Waals surface area contributed by atoms with E-state index < -0.39 is 0 Å². The van der Waals surface area contributed by atoms with E-state index in [1.165, 1.54) is 28.2 Å². The number of aromatic nitrogens is 1. The van der Waals surface area contributed by atoms with Crippen molar-refractivity contribution in [1.82, 2.24) is 14.8 Å². The molecule has 0 aliphatic carbocycles. The summed E-state index contributed by atoms with van der Waals surface area (Å²) in [5, 5.41) is 1.32. The fourth-order valence-corrected chi connectivity index (χ4v) is 4.49. The molecule has 0 spiro atoms. The molecule has 2 heterocycles. The molecule has 0 bridgehead atoms. The average Bonchev–Trinajstić information content (AvgIpc) is 3.06. The summed E-state index contributed by atoms with van der Waals surface area (Å²) in [5.74, 6) is 0.297. The van der Waals surface area contributed by atoms with Gasteiger partial charge in [0.25, 0.3) is 0 Å². The first kappa shape index (κ1) is 19.6. The second kappa shape index (κ2) is 8.37. The normalized spacial score (nSPS) is 15.7. The smallest absolute Gasteiger partial charge is 0.236 e. The lowest BCUT2D eigenvalue weighted by Gasteiger charge is -2.33. The number of para-hydroxylation sites is 1. The minimum atomic E-state index is -0.262. The van der Waals surface area contributed by atoms with Crippen LogP contribution < -0.4 is 0 Å². The number of hydrogen-bond acceptors (Lipinski definition) is 2. The van der Waals surface area contributed by atoms with E-state index in [-0.39, 0.29) is 11.7 Å². The van der Waals surface area contributed by atoms with Crippen molar-refractivity contribution >= 4 is 16.8 Å². The van der Waals surface area contributed by atoms with Crippen LogP contribution in [0.1, 0.15) is 35.6 Å². The summed E-state index contributed by atoms with van der Waals surface area (Å²) < 4.78 is 13.8. The Morgan fingerprint density at radius 2 is 1.83 bits per heavy atom. The lowest BCUT2D eigenvalue weighted by Crippen LogP contribution is -2.41. The van der Waals surface area contributed by atoms with Crippen LogP contribution in [0.15, 0.2) is 48.5 Å². The fraction of sp³-hybridized carbons (Fsp3) is 0.375. The summed E-state index contributed by atoms with van der Waals surface area (Å²) in [6, 6.07) is 15.1. The maximum absolute atomic E-state index is 13.8. The Kier molecular flexibility index (Phi) is 5.67. The van der Waals surface area contributed by atoms with E-state index in [0.29, 0.717) is 24.6 Å². The molecule has 2 aromatic carbocycles. The molecule has 29 heavy (non-hydrogen) atoms. The van der Waals surface area contributed by atoms with Crippen LogP contribution >= 0.6 is 0 Å². The SMILES string of the molecule is Cc1[nH]c2ccccc2c1C1CCN(CC(=O)N(C)Cc2ccccc2F)CC1. The van der Waals surface area contributed by atoms with E-state index >= 15 is 0 Å². The lowest BCUT2D eigenvalue weighted by atomic mass is 9.87. The van der Waals surface area contributed by atoms with E-state index in [0.717, 1.165) is 25.9 Å². The van der Waals surface area contributed by atoms with Crippen molar-refractivity contribution in [3.8, 4) is 0 Å². The molecule has 4 nitrogen and oxygen atoms in total. The van der Waals surface area contributed by atoms with E-state index in [4.69, 9.17) is 0 Å². The number of fused-ring (bicyclic) bond motifs is 1. The molecule has 1 N–H and O–H groups in total. The molecule has 0 unspecified atom stereocenters. The molecule has 1 aromatic heterocycles. The number of aromatic amines is 1. The minimum Gasteiger partial charge on any atom is -0.358 e. The molecule has 1 amide bonds. The number of carbonyl (C=O) groups excluding carboxylic acids is 1. The van der Waals surface area contributed by atoms with Gasteiger partial charge in [0.15, 0.2) is 0 Å². The Morgan fingerprint density at radius 3 is 2.59 bits per heavy atom. The highest BCUT2D eigenvalue weighted by atomic mass is 19.1. The molecule has 1 aliphatic heterocycles. The molecule has 1 saturated heterocycles. The van der Waals surface area contributed by atoms with Crippen LogP contribution in [-0.2, 0) is 11.3 Å². The summed E-state index contributed by atoms with van der Waals surface area (Å²) in [4.78, 5) is 20.0. The van der Waals surface area contributed by atoms with Crippen molar-refractivity contribution in [2.75, 3.05) is 26.7 Å². The Hall–Kier alpha value is -2.66. The number of nitrogens with one attached hydrogen (secondary N) is 1. The summed E-state index contributed by atoms with van der Waals surface area (Å²) in [5.41, 5.74) is 4.44. The van der Waals surface area contributed by atoms with Crippen molar-refractivity contribution in [2.24, 2.45) is 0 Å². The number of likely N-dealkylation sites (tertiary alicyclic amines) is 1. The van der Waals surface area contributed by atoms with Gasteiger partial charge in [0.1, 0.15) is 5.82 Å². The number of benzene rings is 2. The van der Waals surface area contributed by atoms with Crippen LogP contribution in [0, 0.1) is 12.7 Å². The molecule has 0 atom stereocenters. The highest BCUT2D eigenvalue weighted by molar-refractivity contribution is 5.85. The Balaban J connectivity index is 1.34. The first-order valence-electron chi connectivity index (χ1n) is 10.3. The third-order valence-corrected chi connectivity index (χ3v) is 6.09. The van der Waals surface area contributed by atoms with Gasteiger partial charge in [0, 0.05) is 35.8 Å². The van der Waals surface area contributed by atoms with Crippen LogP contribution in [0.4, 0.5) is 4.39 Å². The van der Waals surface area contributed by atoms with Crippen LogP contribution in [0.5, 0.6) is 0 Å². The van der Waals surface area contributed by atoms with Gasteiger partial charge in [0.05, 0.1) is 6.54 Å². The maximum Gasteiger partial charge on any atom is 0.236 e. The predicted octanol–water partition coefficient (Wildman–Crippen LogP) is 4.45. The van der Waals surface area contributed by atoms with E-state index in [1.807, 2.05) is 0 Å². The molecular formula is C24H28FN3O. The first-order valence-corrected chi connectivity index (χ1v) is 10.3. The zero-order valence-electron chi connectivity index (χ0n) is 17.1. The van der Waals surface area contributed by atoms with E-state index in [9.17, 15) is 9.18 Å². The van der Waals surface area contributed by atoms with Gasteiger partial charge in [-0.1, -0.05) is 36.4 Å². The molecule has 1 aliphatic rings. The van der Waals surface area contributed by atoms with Crippen molar-refractivity contribution in [2.45, 2.75) is 32.2 Å². The van der Waals surface area contributed by atoms with Gasteiger partial charge >= 0.3 is 0 Å². The van der Waals surface area contributed by atoms with Crippen molar-refractivity contribution in [3.63, 3.8) is 0 Å². The third-order valence-electron chi connectivity index (χ3n) is 6.09. The summed E-state index contributed by atoms with van der Waals surface area (Å²) in [6.45, 7) is 4.66. The number of H-pyrrole nitrogens is 1. The number of carbonyl (C=O) groups is 1. The Labute approximate surface area is 171 Å². The molecule has 152 valence electrons. The molecule has 5 heteroatoms. The number of amides is 1. The number of aryl methyl sites for hydroxylation is 1. The highest BCUT2D eigenvalue weighted by Crippen LogP contribution is 2.35. The van der Waals surface area contributed by atoms with Gasteiger partial charge in [0.2, 0.25) is 5.91 Å². The Morgan fingerprint density at radius 1 is 1.14 bits per heavy atom.